The predicted octanol–water partition coefficient (Wildman–Crippen LogP) is 2.06. The van der Waals surface area contributed by atoms with E-state index in [1.807, 2.05) is 0 Å². The maximum absolute atomic E-state index is 13.0. The normalized spacial score (nSPS) is 13.8. The highest BCUT2D eigenvalue weighted by molar-refractivity contribution is 5.94. The van der Waals surface area contributed by atoms with E-state index < -0.39 is 17.8 Å². The first-order chi connectivity index (χ1) is 9.56. The number of halogens is 1. The Morgan fingerprint density at radius 3 is 3.00 bits per heavy atom. The molecule has 0 spiro atoms. The van der Waals surface area contributed by atoms with Gasteiger partial charge in [0, 0.05) is 18.7 Å². The van der Waals surface area contributed by atoms with E-state index in [0.29, 0.717) is 12.2 Å². The number of hydrogen-bond acceptors (Lipinski definition) is 4. The molecule has 0 unspecified atom stereocenters. The molecule has 2 atom stereocenters. The maximum atomic E-state index is 13.0. The number of hydrogen-bond donors (Lipinski definition) is 2. The summed E-state index contributed by atoms with van der Waals surface area (Å²) in [7, 11) is 0. The number of carbonyl (C=O) groups is 1. The van der Waals surface area contributed by atoms with E-state index in [1.165, 1.54) is 12.5 Å². The van der Waals surface area contributed by atoms with Gasteiger partial charge in [-0.15, -0.1) is 0 Å². The van der Waals surface area contributed by atoms with E-state index in [-0.39, 0.29) is 11.6 Å². The summed E-state index contributed by atoms with van der Waals surface area (Å²) in [6, 6.07) is 4.15. The van der Waals surface area contributed by atoms with Crippen LogP contribution in [-0.2, 0) is 0 Å². The Balaban J connectivity index is 1.91. The Labute approximate surface area is 115 Å². The van der Waals surface area contributed by atoms with Crippen LogP contribution in [0.3, 0.4) is 0 Å². The number of aliphatic hydroxyl groups excluding tert-OH is 1. The van der Waals surface area contributed by atoms with Gasteiger partial charge in [0.1, 0.15) is 17.7 Å². The second kappa shape index (κ2) is 6.29. The van der Waals surface area contributed by atoms with E-state index in [9.17, 15) is 14.3 Å². The van der Waals surface area contributed by atoms with Gasteiger partial charge in [0.15, 0.2) is 0 Å². The maximum Gasteiger partial charge on any atom is 0.253 e. The van der Waals surface area contributed by atoms with E-state index in [1.54, 1.807) is 19.1 Å². The van der Waals surface area contributed by atoms with Gasteiger partial charge in [0.25, 0.3) is 5.91 Å². The Hall–Kier alpha value is -2.21. The third-order valence-electron chi connectivity index (χ3n) is 2.79. The molecule has 20 heavy (non-hydrogen) atoms. The number of nitrogens with zero attached hydrogens (tertiary/aromatic N) is 1. The van der Waals surface area contributed by atoms with Gasteiger partial charge in [0.05, 0.1) is 18.0 Å². The summed E-state index contributed by atoms with van der Waals surface area (Å²) in [5.41, 5.74) is 0.143. The number of rotatable bonds is 5. The quantitative estimate of drug-likeness (QED) is 0.877. The summed E-state index contributed by atoms with van der Waals surface area (Å²) in [5, 5.41) is 12.6. The second-order valence-electron chi connectivity index (χ2n) is 4.53. The van der Waals surface area contributed by atoms with Crippen molar-refractivity contribution < 1.29 is 18.7 Å². The summed E-state index contributed by atoms with van der Waals surface area (Å²) in [6.45, 7) is 1.75. The van der Waals surface area contributed by atoms with Gasteiger partial charge in [-0.2, -0.15) is 0 Å². The van der Waals surface area contributed by atoms with Crippen molar-refractivity contribution in [2.24, 2.45) is 0 Å². The minimum absolute atomic E-state index is 0.143. The average Bonchev–Trinajstić information content (AvgIpc) is 2.92. The molecule has 2 heterocycles. The van der Waals surface area contributed by atoms with Crippen molar-refractivity contribution in [3.8, 4) is 0 Å². The minimum atomic E-state index is -0.800. The van der Waals surface area contributed by atoms with Crippen LogP contribution in [-0.4, -0.2) is 22.0 Å². The topological polar surface area (TPSA) is 75.4 Å². The molecule has 0 aliphatic carbocycles. The molecule has 2 aromatic rings. The van der Waals surface area contributed by atoms with Crippen molar-refractivity contribution in [2.75, 3.05) is 0 Å². The summed E-state index contributed by atoms with van der Waals surface area (Å²) >= 11 is 0. The summed E-state index contributed by atoms with van der Waals surface area (Å²) in [5.74, 6) is -0.560. The van der Waals surface area contributed by atoms with Gasteiger partial charge >= 0.3 is 0 Å². The van der Waals surface area contributed by atoms with Crippen molar-refractivity contribution in [3.63, 3.8) is 0 Å². The Kier molecular flexibility index (Phi) is 4.47. The van der Waals surface area contributed by atoms with Crippen LogP contribution >= 0.6 is 0 Å². The Bertz CT molecular complexity index is 572. The van der Waals surface area contributed by atoms with Crippen molar-refractivity contribution in [3.05, 3.63) is 54.0 Å². The Morgan fingerprint density at radius 1 is 1.55 bits per heavy atom. The SMILES string of the molecule is C[C@H](C[C@H](O)c1ccco1)NC(=O)c1cncc(F)c1. The highest BCUT2D eigenvalue weighted by atomic mass is 19.1. The third-order valence-corrected chi connectivity index (χ3v) is 2.79. The van der Waals surface area contributed by atoms with Gasteiger partial charge in [-0.1, -0.05) is 0 Å². The van der Waals surface area contributed by atoms with Crippen molar-refractivity contribution >= 4 is 5.91 Å². The van der Waals surface area contributed by atoms with E-state index in [4.69, 9.17) is 4.42 Å². The van der Waals surface area contributed by atoms with Crippen LogP contribution in [0, 0.1) is 5.82 Å². The first kappa shape index (κ1) is 14.2. The summed E-state index contributed by atoms with van der Waals surface area (Å²) < 4.78 is 18.0. The van der Waals surface area contributed by atoms with Gasteiger partial charge < -0.3 is 14.8 Å². The average molecular weight is 278 g/mol. The minimum Gasteiger partial charge on any atom is -0.467 e. The summed E-state index contributed by atoms with van der Waals surface area (Å²) in [4.78, 5) is 15.5. The first-order valence-corrected chi connectivity index (χ1v) is 6.19. The molecular weight excluding hydrogens is 263 g/mol. The number of furan rings is 1. The molecular formula is C14H15FN2O3. The van der Waals surface area contributed by atoms with Crippen LogP contribution in [0.5, 0.6) is 0 Å². The van der Waals surface area contributed by atoms with Crippen LogP contribution in [0.25, 0.3) is 0 Å². The van der Waals surface area contributed by atoms with Crippen molar-refractivity contribution in [1.82, 2.24) is 10.3 Å². The molecule has 2 N–H and O–H groups in total. The van der Waals surface area contributed by atoms with E-state index in [0.717, 1.165) is 12.3 Å². The Morgan fingerprint density at radius 2 is 2.35 bits per heavy atom. The van der Waals surface area contributed by atoms with Gasteiger partial charge in [-0.25, -0.2) is 4.39 Å². The molecule has 0 bridgehead atoms. The molecule has 106 valence electrons. The van der Waals surface area contributed by atoms with Crippen LogP contribution in [0.1, 0.15) is 35.6 Å². The zero-order valence-electron chi connectivity index (χ0n) is 10.9. The molecule has 0 aliphatic rings. The number of amides is 1. The molecule has 0 aliphatic heterocycles. The standard InChI is InChI=1S/C14H15FN2O3/c1-9(5-12(18)13-3-2-4-20-13)17-14(19)10-6-11(15)8-16-7-10/h2-4,6-9,12,18H,5H2,1H3,(H,17,19)/t9-,12+/m1/s1. The lowest BCUT2D eigenvalue weighted by atomic mass is 10.1. The van der Waals surface area contributed by atoms with E-state index >= 15 is 0 Å². The zero-order chi connectivity index (χ0) is 14.5. The molecule has 0 saturated heterocycles. The molecule has 0 saturated carbocycles. The fourth-order valence-corrected chi connectivity index (χ4v) is 1.83. The fraction of sp³-hybridized carbons (Fsp3) is 0.286. The largest absolute Gasteiger partial charge is 0.467 e. The highest BCUT2D eigenvalue weighted by Gasteiger charge is 2.17. The third kappa shape index (κ3) is 3.64. The van der Waals surface area contributed by atoms with Gasteiger partial charge in [-0.3, -0.25) is 9.78 Å². The molecule has 2 rings (SSSR count). The lowest BCUT2D eigenvalue weighted by molar-refractivity contribution is 0.0902. The lowest BCUT2D eigenvalue weighted by Crippen LogP contribution is -2.33. The number of nitrogens with one attached hydrogen (secondary N) is 1. The molecule has 0 fully saturated rings. The molecule has 0 radical (unpaired) electrons. The number of aromatic nitrogens is 1. The van der Waals surface area contributed by atoms with Crippen molar-refractivity contribution in [2.45, 2.75) is 25.5 Å². The molecule has 5 nitrogen and oxygen atoms in total. The predicted molar refractivity (Wildman–Crippen MR) is 69.4 cm³/mol. The molecule has 0 aromatic carbocycles. The van der Waals surface area contributed by atoms with Gasteiger partial charge in [-0.05, 0) is 25.1 Å². The van der Waals surface area contributed by atoms with Crippen molar-refractivity contribution in [1.29, 1.82) is 0 Å². The summed E-state index contributed by atoms with van der Waals surface area (Å²) in [6.07, 6.45) is 3.28. The second-order valence-corrected chi connectivity index (χ2v) is 4.53. The number of aliphatic hydroxyl groups is 1. The van der Waals surface area contributed by atoms with E-state index in [2.05, 4.69) is 10.3 Å². The van der Waals surface area contributed by atoms with Crippen LogP contribution in [0.15, 0.2) is 41.3 Å². The number of carbonyl (C=O) groups excluding carboxylic acids is 1. The monoisotopic (exact) mass is 278 g/mol. The lowest BCUT2D eigenvalue weighted by Gasteiger charge is -2.16. The van der Waals surface area contributed by atoms with Crippen LogP contribution in [0.2, 0.25) is 0 Å². The smallest absolute Gasteiger partial charge is 0.253 e. The first-order valence-electron chi connectivity index (χ1n) is 6.19. The molecule has 1 amide bonds. The molecule has 2 aromatic heterocycles. The van der Waals surface area contributed by atoms with Crippen LogP contribution < -0.4 is 5.32 Å². The number of pyridine rings is 1. The zero-order valence-corrected chi connectivity index (χ0v) is 10.9. The highest BCUT2D eigenvalue weighted by Crippen LogP contribution is 2.18. The van der Waals surface area contributed by atoms with Gasteiger partial charge in [0.2, 0.25) is 0 Å². The molecule has 6 heteroatoms. The van der Waals surface area contributed by atoms with Crippen LogP contribution in [0.4, 0.5) is 4.39 Å². The fourth-order valence-electron chi connectivity index (χ4n) is 1.83.